The fourth-order valence-electron chi connectivity index (χ4n) is 2.99. The molecule has 2 N–H and O–H groups in total. The molecular weight excluding hydrogens is 373 g/mol. The van der Waals surface area contributed by atoms with Gasteiger partial charge in [0.1, 0.15) is 17.1 Å². The quantitative estimate of drug-likeness (QED) is 0.494. The molecule has 3 aromatic rings. The van der Waals surface area contributed by atoms with E-state index < -0.39 is 17.3 Å². The summed E-state index contributed by atoms with van der Waals surface area (Å²) in [5.74, 6) is -0.963. The van der Waals surface area contributed by atoms with E-state index in [0.29, 0.717) is 23.4 Å². The monoisotopic (exact) mass is 395 g/mol. The van der Waals surface area contributed by atoms with Crippen LogP contribution in [-0.4, -0.2) is 21.8 Å². The molecule has 0 fully saturated rings. The molecule has 0 aliphatic heterocycles. The molecule has 0 atom stereocenters. The van der Waals surface area contributed by atoms with E-state index in [4.69, 9.17) is 0 Å². The fraction of sp³-hybridized carbons (Fsp3) is 0.227. The second-order valence-electron chi connectivity index (χ2n) is 7.13. The minimum Gasteiger partial charge on any atom is -0.506 e. The van der Waals surface area contributed by atoms with Crippen LogP contribution in [0.3, 0.4) is 0 Å². The van der Waals surface area contributed by atoms with Gasteiger partial charge in [0.05, 0.1) is 11.7 Å². The molecule has 0 aliphatic rings. The van der Waals surface area contributed by atoms with Crippen molar-refractivity contribution in [3.63, 3.8) is 0 Å². The molecule has 7 heteroatoms. The standard InChI is InChI=1S/C22H22FN3O3/c1-14(2)10-11-26-19-9-4-3-8-17(19)20(27)18(22(26)29)13-24-25-21(28)15-6-5-7-16(23)12-15/h3-9,12-14,27H,10-11H2,1-2H3,(H,25,28)/b24-13+. The summed E-state index contributed by atoms with van der Waals surface area (Å²) in [4.78, 5) is 25.0. The summed E-state index contributed by atoms with van der Waals surface area (Å²) in [7, 11) is 0. The lowest BCUT2D eigenvalue weighted by Crippen LogP contribution is -2.26. The Balaban J connectivity index is 1.95. The van der Waals surface area contributed by atoms with E-state index in [0.717, 1.165) is 18.7 Å². The van der Waals surface area contributed by atoms with E-state index in [9.17, 15) is 19.1 Å². The minimum atomic E-state index is -0.624. The third-order valence-electron chi connectivity index (χ3n) is 4.56. The van der Waals surface area contributed by atoms with Crippen LogP contribution in [0.1, 0.15) is 36.2 Å². The predicted molar refractivity (Wildman–Crippen MR) is 111 cm³/mol. The van der Waals surface area contributed by atoms with Crippen LogP contribution in [0.25, 0.3) is 10.9 Å². The van der Waals surface area contributed by atoms with Gasteiger partial charge in [-0.15, -0.1) is 0 Å². The van der Waals surface area contributed by atoms with Crippen LogP contribution < -0.4 is 11.0 Å². The lowest BCUT2D eigenvalue weighted by molar-refractivity contribution is 0.0954. The van der Waals surface area contributed by atoms with Crippen molar-refractivity contribution in [2.75, 3.05) is 0 Å². The summed E-state index contributed by atoms with van der Waals surface area (Å²) in [5.41, 5.74) is 2.56. The van der Waals surface area contributed by atoms with Gasteiger partial charge in [0, 0.05) is 17.5 Å². The third-order valence-corrected chi connectivity index (χ3v) is 4.56. The van der Waals surface area contributed by atoms with Crippen molar-refractivity contribution in [2.45, 2.75) is 26.8 Å². The van der Waals surface area contributed by atoms with E-state index >= 15 is 0 Å². The average molecular weight is 395 g/mol. The zero-order valence-electron chi connectivity index (χ0n) is 16.2. The molecule has 29 heavy (non-hydrogen) atoms. The van der Waals surface area contributed by atoms with Gasteiger partial charge in [-0.2, -0.15) is 5.10 Å². The number of hydrogen-bond donors (Lipinski definition) is 2. The molecule has 0 radical (unpaired) electrons. The summed E-state index contributed by atoms with van der Waals surface area (Å²) in [6, 6.07) is 12.2. The number of pyridine rings is 1. The smallest absolute Gasteiger partial charge is 0.271 e. The van der Waals surface area contributed by atoms with Gasteiger partial charge in [-0.3, -0.25) is 9.59 Å². The summed E-state index contributed by atoms with van der Waals surface area (Å²) >= 11 is 0. The van der Waals surface area contributed by atoms with Crippen molar-refractivity contribution >= 4 is 23.0 Å². The van der Waals surface area contributed by atoms with Crippen LogP contribution in [0, 0.1) is 11.7 Å². The Hall–Kier alpha value is -3.48. The van der Waals surface area contributed by atoms with Gasteiger partial charge in [0.15, 0.2) is 0 Å². The van der Waals surface area contributed by atoms with Gasteiger partial charge < -0.3 is 9.67 Å². The topological polar surface area (TPSA) is 83.7 Å². The first-order valence-electron chi connectivity index (χ1n) is 9.32. The van der Waals surface area contributed by atoms with Crippen LogP contribution in [-0.2, 0) is 6.54 Å². The van der Waals surface area contributed by atoms with Gasteiger partial charge in [0.2, 0.25) is 0 Å². The van der Waals surface area contributed by atoms with Gasteiger partial charge >= 0.3 is 0 Å². The Labute approximate surface area is 167 Å². The molecule has 150 valence electrons. The molecule has 0 unspecified atom stereocenters. The Morgan fingerprint density at radius 2 is 2.00 bits per heavy atom. The van der Waals surface area contributed by atoms with Gasteiger partial charge in [-0.25, -0.2) is 9.82 Å². The Bertz CT molecular complexity index is 1140. The van der Waals surface area contributed by atoms with Gasteiger partial charge in [0.25, 0.3) is 11.5 Å². The zero-order valence-corrected chi connectivity index (χ0v) is 16.2. The van der Waals surface area contributed by atoms with Crippen LogP contribution in [0.5, 0.6) is 5.75 Å². The van der Waals surface area contributed by atoms with E-state index in [2.05, 4.69) is 24.4 Å². The number of carbonyl (C=O) groups excluding carboxylic acids is 1. The van der Waals surface area contributed by atoms with Crippen molar-refractivity contribution in [1.82, 2.24) is 9.99 Å². The summed E-state index contributed by atoms with van der Waals surface area (Å²) < 4.78 is 14.8. The summed E-state index contributed by atoms with van der Waals surface area (Å²) in [6.45, 7) is 4.63. The van der Waals surface area contributed by atoms with E-state index in [-0.39, 0.29) is 16.9 Å². The highest BCUT2D eigenvalue weighted by Gasteiger charge is 2.15. The highest BCUT2D eigenvalue weighted by molar-refractivity contribution is 5.97. The number of carbonyl (C=O) groups is 1. The largest absolute Gasteiger partial charge is 0.506 e. The number of amides is 1. The highest BCUT2D eigenvalue weighted by Crippen LogP contribution is 2.25. The average Bonchev–Trinajstić information content (AvgIpc) is 2.70. The molecule has 0 aliphatic carbocycles. The molecule has 0 saturated heterocycles. The summed E-state index contributed by atoms with van der Waals surface area (Å²) in [6.07, 6.45) is 1.91. The molecule has 1 amide bonds. The Kier molecular flexibility index (Phi) is 6.07. The second kappa shape index (κ2) is 8.68. The fourth-order valence-corrected chi connectivity index (χ4v) is 2.99. The number of hydrogen-bond acceptors (Lipinski definition) is 4. The SMILES string of the molecule is CC(C)CCn1c(=O)c(/C=N/NC(=O)c2cccc(F)c2)c(O)c2ccccc21. The number of nitrogens with one attached hydrogen (secondary N) is 1. The van der Waals surface area contributed by atoms with E-state index in [1.54, 1.807) is 28.8 Å². The predicted octanol–water partition coefficient (Wildman–Crippen LogP) is 3.66. The number of aryl methyl sites for hydroxylation is 1. The van der Waals surface area contributed by atoms with Crippen molar-refractivity contribution in [1.29, 1.82) is 0 Å². The Morgan fingerprint density at radius 1 is 1.24 bits per heavy atom. The molecule has 1 aromatic heterocycles. The van der Waals surface area contributed by atoms with Crippen molar-refractivity contribution in [2.24, 2.45) is 11.0 Å². The number of aromatic hydroxyl groups is 1. The van der Waals surface area contributed by atoms with Crippen molar-refractivity contribution in [3.8, 4) is 5.75 Å². The van der Waals surface area contributed by atoms with Crippen LogP contribution in [0.15, 0.2) is 58.4 Å². The molecule has 0 spiro atoms. The van der Waals surface area contributed by atoms with Crippen LogP contribution in [0.4, 0.5) is 4.39 Å². The van der Waals surface area contributed by atoms with Gasteiger partial charge in [-0.1, -0.05) is 32.0 Å². The molecule has 1 heterocycles. The first-order valence-corrected chi connectivity index (χ1v) is 9.32. The first-order chi connectivity index (χ1) is 13.9. The second-order valence-corrected chi connectivity index (χ2v) is 7.13. The minimum absolute atomic E-state index is 0.0213. The number of halogens is 1. The highest BCUT2D eigenvalue weighted by atomic mass is 19.1. The molecular formula is C22H22FN3O3. The lowest BCUT2D eigenvalue weighted by atomic mass is 10.1. The maximum atomic E-state index is 13.2. The van der Waals surface area contributed by atoms with Crippen LogP contribution in [0.2, 0.25) is 0 Å². The number of rotatable bonds is 6. The number of benzene rings is 2. The molecule has 6 nitrogen and oxygen atoms in total. The normalized spacial score (nSPS) is 11.4. The number of para-hydroxylation sites is 1. The van der Waals surface area contributed by atoms with E-state index in [1.165, 1.54) is 18.2 Å². The number of aromatic nitrogens is 1. The van der Waals surface area contributed by atoms with Crippen molar-refractivity contribution in [3.05, 3.63) is 75.8 Å². The maximum Gasteiger partial charge on any atom is 0.271 e. The third kappa shape index (κ3) is 4.51. The van der Waals surface area contributed by atoms with Crippen LogP contribution >= 0.6 is 0 Å². The molecule has 0 saturated carbocycles. The zero-order chi connectivity index (χ0) is 21.0. The summed E-state index contributed by atoms with van der Waals surface area (Å²) in [5, 5.41) is 14.9. The lowest BCUT2D eigenvalue weighted by Gasteiger charge is -2.14. The van der Waals surface area contributed by atoms with E-state index in [1.807, 2.05) is 0 Å². The Morgan fingerprint density at radius 3 is 2.72 bits per heavy atom. The number of hydrazone groups is 1. The maximum absolute atomic E-state index is 13.2. The van der Waals surface area contributed by atoms with Crippen molar-refractivity contribution < 1.29 is 14.3 Å². The van der Waals surface area contributed by atoms with Gasteiger partial charge in [-0.05, 0) is 42.7 Å². The number of fused-ring (bicyclic) bond motifs is 1. The molecule has 3 rings (SSSR count). The first kappa shape index (κ1) is 20.3. The number of nitrogens with zero attached hydrogens (tertiary/aromatic N) is 2. The molecule has 0 bridgehead atoms. The molecule has 2 aromatic carbocycles.